The fourth-order valence-corrected chi connectivity index (χ4v) is 4.74. The molecule has 2 heterocycles. The SMILES string of the molecule is CCOc1cc(C2C(C(=O)c3cc4ccccc4o3)=C(O)C(=O)N2c2cc(C)ccc2C)ccc1OC. The summed E-state index contributed by atoms with van der Waals surface area (Å²) in [6.07, 6.45) is 0. The van der Waals surface area contributed by atoms with Gasteiger partial charge < -0.3 is 19.0 Å². The number of ketones is 1. The Kier molecular flexibility index (Phi) is 6.21. The molecule has 0 radical (unpaired) electrons. The van der Waals surface area contributed by atoms with E-state index in [9.17, 15) is 14.7 Å². The second-order valence-corrected chi connectivity index (χ2v) is 8.95. The number of rotatable bonds is 7. The minimum absolute atomic E-state index is 0.0434. The van der Waals surface area contributed by atoms with E-state index in [0.29, 0.717) is 34.9 Å². The predicted molar refractivity (Wildman–Crippen MR) is 141 cm³/mol. The molecule has 37 heavy (non-hydrogen) atoms. The van der Waals surface area contributed by atoms with E-state index in [1.807, 2.05) is 57.2 Å². The highest BCUT2D eigenvalue weighted by Gasteiger charge is 2.46. The molecule has 7 nitrogen and oxygen atoms in total. The number of anilines is 1. The van der Waals surface area contributed by atoms with E-state index in [0.717, 1.165) is 16.5 Å². The van der Waals surface area contributed by atoms with E-state index in [4.69, 9.17) is 13.9 Å². The van der Waals surface area contributed by atoms with Gasteiger partial charge in [-0.15, -0.1) is 0 Å². The second-order valence-electron chi connectivity index (χ2n) is 8.95. The van der Waals surface area contributed by atoms with E-state index in [2.05, 4.69) is 0 Å². The molecule has 0 aliphatic carbocycles. The Morgan fingerprint density at radius 2 is 1.81 bits per heavy atom. The van der Waals surface area contributed by atoms with Crippen LogP contribution in [0, 0.1) is 13.8 Å². The predicted octanol–water partition coefficient (Wildman–Crippen LogP) is 6.24. The fourth-order valence-electron chi connectivity index (χ4n) is 4.74. The number of aliphatic hydroxyl groups excluding tert-OH is 1. The zero-order chi connectivity index (χ0) is 26.3. The maximum Gasteiger partial charge on any atom is 0.294 e. The van der Waals surface area contributed by atoms with Crippen molar-refractivity contribution in [3.05, 3.63) is 101 Å². The van der Waals surface area contributed by atoms with E-state index in [1.165, 1.54) is 4.90 Å². The minimum atomic E-state index is -0.918. The molecule has 0 saturated heterocycles. The molecule has 1 atom stereocenters. The van der Waals surface area contributed by atoms with E-state index < -0.39 is 23.5 Å². The van der Waals surface area contributed by atoms with Gasteiger partial charge in [-0.1, -0.05) is 36.4 Å². The Hall–Kier alpha value is -4.52. The second kappa shape index (κ2) is 9.50. The maximum absolute atomic E-state index is 13.9. The Labute approximate surface area is 214 Å². The maximum atomic E-state index is 13.9. The first-order valence-corrected chi connectivity index (χ1v) is 12.0. The zero-order valence-corrected chi connectivity index (χ0v) is 21.1. The number of fused-ring (bicyclic) bond motifs is 1. The summed E-state index contributed by atoms with van der Waals surface area (Å²) in [5.41, 5.74) is 3.43. The van der Waals surface area contributed by atoms with Gasteiger partial charge in [0, 0.05) is 11.1 Å². The molecule has 7 heteroatoms. The van der Waals surface area contributed by atoms with Crippen molar-refractivity contribution in [1.82, 2.24) is 0 Å². The highest BCUT2D eigenvalue weighted by atomic mass is 16.5. The van der Waals surface area contributed by atoms with Crippen LogP contribution in [0.5, 0.6) is 11.5 Å². The summed E-state index contributed by atoms with van der Waals surface area (Å²) in [7, 11) is 1.54. The average Bonchev–Trinajstić information content (AvgIpc) is 3.44. The third kappa shape index (κ3) is 4.12. The molecular formula is C30H27NO6. The Morgan fingerprint density at radius 1 is 1.03 bits per heavy atom. The number of carbonyl (C=O) groups is 2. The summed E-state index contributed by atoms with van der Waals surface area (Å²) in [6, 6.07) is 18.9. The number of nitrogens with zero attached hydrogens (tertiary/aromatic N) is 1. The fraction of sp³-hybridized carbons (Fsp3) is 0.200. The first-order chi connectivity index (χ1) is 17.8. The molecule has 1 aliphatic heterocycles. The van der Waals surface area contributed by atoms with E-state index in [-0.39, 0.29) is 11.3 Å². The third-order valence-electron chi connectivity index (χ3n) is 6.53. The number of hydrogen-bond acceptors (Lipinski definition) is 6. The van der Waals surface area contributed by atoms with Crippen LogP contribution < -0.4 is 14.4 Å². The molecule has 1 amide bonds. The third-order valence-corrected chi connectivity index (χ3v) is 6.53. The smallest absolute Gasteiger partial charge is 0.294 e. The van der Waals surface area contributed by atoms with Crippen molar-refractivity contribution in [3.63, 3.8) is 0 Å². The van der Waals surface area contributed by atoms with Crippen LogP contribution in [-0.2, 0) is 4.79 Å². The van der Waals surface area contributed by atoms with Crippen molar-refractivity contribution >= 4 is 28.3 Å². The number of hydrogen-bond donors (Lipinski definition) is 1. The monoisotopic (exact) mass is 497 g/mol. The molecule has 1 aliphatic rings. The minimum Gasteiger partial charge on any atom is -0.503 e. The van der Waals surface area contributed by atoms with Crippen molar-refractivity contribution in [1.29, 1.82) is 0 Å². The summed E-state index contributed by atoms with van der Waals surface area (Å²) in [5.74, 6) is -0.794. The van der Waals surface area contributed by atoms with Crippen molar-refractivity contribution in [2.45, 2.75) is 26.8 Å². The van der Waals surface area contributed by atoms with Crippen LogP contribution in [0.2, 0.25) is 0 Å². The van der Waals surface area contributed by atoms with Crippen molar-refractivity contribution in [2.24, 2.45) is 0 Å². The number of aryl methyl sites for hydroxylation is 2. The normalized spacial score (nSPS) is 15.5. The number of Topliss-reactive ketones (excluding diaryl/α,β-unsaturated/α-hetero) is 1. The van der Waals surface area contributed by atoms with Gasteiger partial charge in [0.1, 0.15) is 5.58 Å². The molecule has 4 aromatic rings. The molecule has 0 fully saturated rings. The Balaban J connectivity index is 1.71. The van der Waals surface area contributed by atoms with Crippen LogP contribution in [0.15, 0.2) is 82.5 Å². The van der Waals surface area contributed by atoms with Crippen LogP contribution >= 0.6 is 0 Å². The molecule has 3 aromatic carbocycles. The van der Waals surface area contributed by atoms with Gasteiger partial charge in [-0.05, 0) is 67.8 Å². The summed E-state index contributed by atoms with van der Waals surface area (Å²) in [5, 5.41) is 11.9. The number of ether oxygens (including phenoxy) is 2. The van der Waals surface area contributed by atoms with Crippen LogP contribution in [0.3, 0.4) is 0 Å². The standard InChI is InChI=1S/C30H27NO6/c1-5-36-24-16-20(12-13-23(24)35-4)27-26(28(32)25-15-19-8-6-7-9-22(19)37-25)29(33)30(34)31(27)21-14-17(2)10-11-18(21)3/h6-16,27,33H,5H2,1-4H3. The van der Waals surface area contributed by atoms with Gasteiger partial charge in [-0.3, -0.25) is 14.5 Å². The lowest BCUT2D eigenvalue weighted by Gasteiger charge is -2.29. The summed E-state index contributed by atoms with van der Waals surface area (Å²) < 4.78 is 17.0. The molecule has 0 spiro atoms. The Bertz CT molecular complexity index is 1530. The van der Waals surface area contributed by atoms with Crippen LogP contribution in [-0.4, -0.2) is 30.5 Å². The number of carbonyl (C=O) groups excluding carboxylic acids is 2. The number of furan rings is 1. The van der Waals surface area contributed by atoms with Crippen molar-refractivity contribution < 1.29 is 28.6 Å². The largest absolute Gasteiger partial charge is 0.503 e. The number of benzene rings is 3. The van der Waals surface area contributed by atoms with Crippen LogP contribution in [0.4, 0.5) is 5.69 Å². The molecule has 188 valence electrons. The number of methoxy groups -OCH3 is 1. The van der Waals surface area contributed by atoms with Crippen molar-refractivity contribution in [2.75, 3.05) is 18.6 Å². The topological polar surface area (TPSA) is 89.2 Å². The number of aliphatic hydroxyl groups is 1. The van der Waals surface area contributed by atoms with Crippen molar-refractivity contribution in [3.8, 4) is 11.5 Å². The molecule has 1 aromatic heterocycles. The molecule has 0 saturated carbocycles. The first-order valence-electron chi connectivity index (χ1n) is 12.0. The molecule has 1 unspecified atom stereocenters. The van der Waals surface area contributed by atoms with Crippen LogP contribution in [0.25, 0.3) is 11.0 Å². The van der Waals surface area contributed by atoms with Gasteiger partial charge in [-0.2, -0.15) is 0 Å². The molecular weight excluding hydrogens is 470 g/mol. The lowest BCUT2D eigenvalue weighted by atomic mass is 9.94. The van der Waals surface area contributed by atoms with Gasteiger partial charge >= 0.3 is 0 Å². The van der Waals surface area contributed by atoms with Gasteiger partial charge in [0.25, 0.3) is 5.91 Å². The van der Waals surface area contributed by atoms with Gasteiger partial charge in [-0.25, -0.2) is 0 Å². The molecule has 1 N–H and O–H groups in total. The van der Waals surface area contributed by atoms with Gasteiger partial charge in [0.2, 0.25) is 5.78 Å². The van der Waals surface area contributed by atoms with E-state index >= 15 is 0 Å². The lowest BCUT2D eigenvalue weighted by Crippen LogP contribution is -2.31. The Morgan fingerprint density at radius 3 is 2.54 bits per heavy atom. The summed E-state index contributed by atoms with van der Waals surface area (Å²) >= 11 is 0. The molecule has 0 bridgehead atoms. The highest BCUT2D eigenvalue weighted by molar-refractivity contribution is 6.20. The average molecular weight is 498 g/mol. The number of amides is 1. The van der Waals surface area contributed by atoms with Gasteiger partial charge in [0.15, 0.2) is 23.0 Å². The summed E-state index contributed by atoms with van der Waals surface area (Å²) in [4.78, 5) is 28.9. The quantitative estimate of drug-likeness (QED) is 0.304. The molecule has 5 rings (SSSR count). The lowest BCUT2D eigenvalue weighted by molar-refractivity contribution is -0.117. The van der Waals surface area contributed by atoms with E-state index in [1.54, 1.807) is 37.4 Å². The van der Waals surface area contributed by atoms with Gasteiger partial charge in [0.05, 0.1) is 25.3 Å². The summed E-state index contributed by atoms with van der Waals surface area (Å²) in [6.45, 7) is 6.06. The zero-order valence-electron chi connectivity index (χ0n) is 21.1. The van der Waals surface area contributed by atoms with Crippen LogP contribution in [0.1, 0.15) is 40.2 Å². The highest BCUT2D eigenvalue weighted by Crippen LogP contribution is 2.45. The number of para-hydroxylation sites is 1. The first kappa shape index (κ1) is 24.2.